The van der Waals surface area contributed by atoms with E-state index >= 15 is 0 Å². The van der Waals surface area contributed by atoms with E-state index in [-0.39, 0.29) is 0 Å². The lowest BCUT2D eigenvalue weighted by Gasteiger charge is -2.27. The molecule has 3 aromatic rings. The van der Waals surface area contributed by atoms with Gasteiger partial charge in [0.05, 0.1) is 25.5 Å². The molecular weight excluding hydrogens is 478 g/mol. The Labute approximate surface area is 225 Å². The molecule has 1 aliphatic heterocycles. The van der Waals surface area contributed by atoms with Crippen LogP contribution in [0.25, 0.3) is 11.3 Å². The van der Waals surface area contributed by atoms with Crippen molar-refractivity contribution >= 4 is 5.69 Å². The molecule has 2 aliphatic rings. The first-order valence-corrected chi connectivity index (χ1v) is 13.7. The van der Waals surface area contributed by atoms with Crippen molar-refractivity contribution in [1.29, 1.82) is 0 Å². The van der Waals surface area contributed by atoms with Crippen molar-refractivity contribution in [1.82, 2.24) is 20.0 Å². The van der Waals surface area contributed by atoms with Gasteiger partial charge in [-0.15, -0.1) is 0 Å². The number of morpholine rings is 1. The van der Waals surface area contributed by atoms with Gasteiger partial charge in [-0.25, -0.2) is 0 Å². The minimum Gasteiger partial charge on any atom is -0.493 e. The number of nitrogens with zero attached hydrogens (tertiary/aromatic N) is 3. The van der Waals surface area contributed by atoms with Crippen LogP contribution in [0.5, 0.6) is 11.5 Å². The van der Waals surface area contributed by atoms with Crippen LogP contribution in [-0.2, 0) is 11.3 Å². The number of ether oxygens (including phenoxy) is 3. The van der Waals surface area contributed by atoms with E-state index in [1.54, 1.807) is 6.20 Å². The average Bonchev–Trinajstić information content (AvgIpc) is 3.64. The Morgan fingerprint density at radius 3 is 2.76 bits per heavy atom. The molecule has 2 fully saturated rings. The Bertz CT molecular complexity index is 1160. The molecule has 0 radical (unpaired) electrons. The van der Waals surface area contributed by atoms with Crippen LogP contribution in [0.15, 0.2) is 66.9 Å². The van der Waals surface area contributed by atoms with Crippen molar-refractivity contribution in [2.75, 3.05) is 58.3 Å². The Morgan fingerprint density at radius 2 is 1.95 bits per heavy atom. The van der Waals surface area contributed by atoms with Gasteiger partial charge in [-0.3, -0.25) is 14.9 Å². The molecule has 1 aliphatic carbocycles. The summed E-state index contributed by atoms with van der Waals surface area (Å²) in [5, 5.41) is 7.02. The maximum absolute atomic E-state index is 6.22. The van der Waals surface area contributed by atoms with Crippen LogP contribution < -0.4 is 15.2 Å². The molecule has 1 aromatic heterocycles. The molecule has 2 heterocycles. The summed E-state index contributed by atoms with van der Waals surface area (Å²) >= 11 is 0. The van der Waals surface area contributed by atoms with Crippen LogP contribution >= 0.6 is 0 Å². The van der Waals surface area contributed by atoms with Crippen LogP contribution in [0.2, 0.25) is 0 Å². The summed E-state index contributed by atoms with van der Waals surface area (Å²) in [6, 6.07) is 16.7. The van der Waals surface area contributed by atoms with Gasteiger partial charge in [0.2, 0.25) is 0 Å². The first-order chi connectivity index (χ1) is 18.7. The average molecular weight is 518 g/mol. The molecule has 0 bridgehead atoms. The zero-order valence-electron chi connectivity index (χ0n) is 22.1. The van der Waals surface area contributed by atoms with E-state index in [9.17, 15) is 0 Å². The molecule has 5 rings (SSSR count). The maximum Gasteiger partial charge on any atom is 0.124 e. The molecule has 3 N–H and O–H groups in total. The van der Waals surface area contributed by atoms with E-state index in [1.807, 2.05) is 42.5 Å². The highest BCUT2D eigenvalue weighted by molar-refractivity contribution is 5.60. The third kappa shape index (κ3) is 7.84. The lowest BCUT2D eigenvalue weighted by atomic mass is 10.1. The molecule has 1 saturated carbocycles. The van der Waals surface area contributed by atoms with Crippen LogP contribution in [-0.4, -0.2) is 78.6 Å². The van der Waals surface area contributed by atoms with Crippen molar-refractivity contribution < 1.29 is 14.2 Å². The van der Waals surface area contributed by atoms with Crippen LogP contribution in [0.1, 0.15) is 24.8 Å². The summed E-state index contributed by atoms with van der Waals surface area (Å²) < 4.78 is 17.6. The zero-order chi connectivity index (χ0) is 26.0. The fourth-order valence-corrected chi connectivity index (χ4v) is 4.72. The number of aromatic nitrogens is 2. The summed E-state index contributed by atoms with van der Waals surface area (Å²) in [7, 11) is 0. The van der Waals surface area contributed by atoms with Crippen LogP contribution in [0, 0.1) is 0 Å². The minimum atomic E-state index is 0.628. The zero-order valence-corrected chi connectivity index (χ0v) is 22.1. The minimum absolute atomic E-state index is 0.628. The SMILES string of the molecule is Nc1ccc(OCCN2CCOCC2)c(CN(C/C=C/CCOc2cccc(-c3ccn[nH]3)c2)C2CC2)c1. The van der Waals surface area contributed by atoms with Gasteiger partial charge in [0, 0.05) is 61.8 Å². The molecule has 1 saturated heterocycles. The highest BCUT2D eigenvalue weighted by atomic mass is 16.5. The molecule has 0 spiro atoms. The summed E-state index contributed by atoms with van der Waals surface area (Å²) in [5.74, 6) is 1.81. The van der Waals surface area contributed by atoms with E-state index in [0.29, 0.717) is 19.3 Å². The van der Waals surface area contributed by atoms with Gasteiger partial charge >= 0.3 is 0 Å². The van der Waals surface area contributed by atoms with Gasteiger partial charge in [-0.2, -0.15) is 5.10 Å². The summed E-state index contributed by atoms with van der Waals surface area (Å²) in [6.45, 7) is 7.53. The fourth-order valence-electron chi connectivity index (χ4n) is 4.72. The van der Waals surface area contributed by atoms with E-state index in [1.165, 1.54) is 12.8 Å². The predicted octanol–water partition coefficient (Wildman–Crippen LogP) is 4.36. The van der Waals surface area contributed by atoms with Gasteiger partial charge < -0.3 is 19.9 Å². The van der Waals surface area contributed by atoms with Crippen molar-refractivity contribution in [2.24, 2.45) is 0 Å². The molecule has 38 heavy (non-hydrogen) atoms. The van der Waals surface area contributed by atoms with Gasteiger partial charge in [0.15, 0.2) is 0 Å². The molecular formula is C30H39N5O3. The van der Waals surface area contributed by atoms with Crippen molar-refractivity contribution in [3.05, 3.63) is 72.4 Å². The standard InChI is InChI=1S/C30H39N5O3/c31-26-7-10-30(38-20-16-34-14-18-36-19-15-34)25(21-26)23-35(27-8-9-27)13-2-1-3-17-37-28-6-4-5-24(22-28)29-11-12-32-33-29/h1-2,4-7,10-12,21-22,27H,3,8-9,13-20,23,31H2,(H,32,33)/b2-1+. The number of hydrogen-bond acceptors (Lipinski definition) is 7. The summed E-state index contributed by atoms with van der Waals surface area (Å²) in [5.41, 5.74) is 10.1. The van der Waals surface area contributed by atoms with Crippen molar-refractivity contribution in [3.8, 4) is 22.8 Å². The third-order valence-corrected chi connectivity index (χ3v) is 7.00. The van der Waals surface area contributed by atoms with E-state index in [4.69, 9.17) is 19.9 Å². The molecule has 202 valence electrons. The van der Waals surface area contributed by atoms with Crippen LogP contribution in [0.3, 0.4) is 0 Å². The normalized spacial score (nSPS) is 16.3. The number of hydrogen-bond donors (Lipinski definition) is 2. The second kappa shape index (κ2) is 13.5. The third-order valence-electron chi connectivity index (χ3n) is 7.00. The van der Waals surface area contributed by atoms with Gasteiger partial charge in [0.1, 0.15) is 18.1 Å². The van der Waals surface area contributed by atoms with Gasteiger partial charge in [-0.1, -0.05) is 24.3 Å². The predicted molar refractivity (Wildman–Crippen MR) is 150 cm³/mol. The second-order valence-corrected chi connectivity index (χ2v) is 9.94. The van der Waals surface area contributed by atoms with E-state index in [0.717, 1.165) is 86.4 Å². The highest BCUT2D eigenvalue weighted by Crippen LogP contribution is 2.31. The number of nitrogen functional groups attached to an aromatic ring is 1. The number of aromatic amines is 1. The number of rotatable bonds is 14. The monoisotopic (exact) mass is 517 g/mol. The summed E-state index contributed by atoms with van der Waals surface area (Å²) in [4.78, 5) is 4.91. The Hall–Kier alpha value is -3.33. The van der Waals surface area contributed by atoms with Gasteiger partial charge in [0.25, 0.3) is 0 Å². The van der Waals surface area contributed by atoms with Gasteiger partial charge in [-0.05, 0) is 55.7 Å². The smallest absolute Gasteiger partial charge is 0.124 e. The van der Waals surface area contributed by atoms with Crippen LogP contribution in [0.4, 0.5) is 5.69 Å². The lowest BCUT2D eigenvalue weighted by Crippen LogP contribution is -2.38. The molecule has 0 unspecified atom stereocenters. The topological polar surface area (TPSA) is 88.9 Å². The largest absolute Gasteiger partial charge is 0.493 e. The van der Waals surface area contributed by atoms with Crippen molar-refractivity contribution in [3.63, 3.8) is 0 Å². The fraction of sp³-hybridized carbons (Fsp3) is 0.433. The lowest BCUT2D eigenvalue weighted by molar-refractivity contribution is 0.0321. The maximum atomic E-state index is 6.22. The number of H-pyrrole nitrogens is 1. The number of nitrogens with two attached hydrogens (primary N) is 1. The van der Waals surface area contributed by atoms with Crippen molar-refractivity contribution in [2.45, 2.75) is 31.8 Å². The quantitative estimate of drug-likeness (QED) is 0.187. The number of benzene rings is 2. The first-order valence-electron chi connectivity index (χ1n) is 13.7. The Morgan fingerprint density at radius 1 is 1.05 bits per heavy atom. The Kier molecular flexibility index (Phi) is 9.31. The molecule has 2 aromatic carbocycles. The second-order valence-electron chi connectivity index (χ2n) is 9.94. The number of anilines is 1. The first kappa shape index (κ1) is 26.3. The summed E-state index contributed by atoms with van der Waals surface area (Å²) in [6.07, 6.45) is 9.59. The van der Waals surface area contributed by atoms with E-state index in [2.05, 4.69) is 38.2 Å². The molecule has 0 atom stereocenters. The highest BCUT2D eigenvalue weighted by Gasteiger charge is 2.28. The molecule has 8 nitrogen and oxygen atoms in total. The molecule has 0 amide bonds. The van der Waals surface area contributed by atoms with E-state index < -0.39 is 0 Å². The molecule has 8 heteroatoms. The Balaban J connectivity index is 1.09. The number of nitrogens with one attached hydrogen (secondary N) is 1.